The molecule has 3 heterocycles. The Morgan fingerprint density at radius 3 is 2.48 bits per heavy atom. The molecular formula is C18H25N3O4S2. The number of aryl methyl sites for hydroxylation is 1. The number of hydrogen-bond donors (Lipinski definition) is 1. The van der Waals surface area contributed by atoms with Crippen LogP contribution in [0, 0.1) is 13.8 Å². The first kappa shape index (κ1) is 20.0. The maximum atomic E-state index is 12.4. The number of nitrogens with one attached hydrogen (secondary N) is 1. The summed E-state index contributed by atoms with van der Waals surface area (Å²) in [4.78, 5) is 29.5. The molecule has 2 aliphatic heterocycles. The van der Waals surface area contributed by atoms with Crippen molar-refractivity contribution in [3.8, 4) is 0 Å². The second-order valence-corrected chi connectivity index (χ2v) is 8.33. The number of thiocarbonyl (C=S) groups is 1. The van der Waals surface area contributed by atoms with Crippen LogP contribution in [0.5, 0.6) is 0 Å². The zero-order chi connectivity index (χ0) is 19.6. The van der Waals surface area contributed by atoms with Crippen molar-refractivity contribution >= 4 is 45.5 Å². The molecule has 1 aromatic heterocycles. The lowest BCUT2D eigenvalue weighted by atomic mass is 10.1. The fourth-order valence-corrected chi connectivity index (χ4v) is 4.74. The third-order valence-electron chi connectivity index (χ3n) is 5.08. The first-order chi connectivity index (χ1) is 12.9. The fraction of sp³-hybridized carbons (Fsp3) is 0.611. The highest BCUT2D eigenvalue weighted by molar-refractivity contribution is 7.80. The number of anilines is 1. The lowest BCUT2D eigenvalue weighted by molar-refractivity contribution is -0.142. The number of hydrogen-bond acceptors (Lipinski definition) is 6. The van der Waals surface area contributed by atoms with Gasteiger partial charge in [0.05, 0.1) is 12.7 Å². The molecule has 1 atom stereocenters. The Morgan fingerprint density at radius 1 is 1.22 bits per heavy atom. The highest BCUT2D eigenvalue weighted by Gasteiger charge is 2.31. The fourth-order valence-electron chi connectivity index (χ4n) is 3.35. The van der Waals surface area contributed by atoms with Crippen LogP contribution in [0.3, 0.4) is 0 Å². The van der Waals surface area contributed by atoms with Crippen LogP contribution in [0.25, 0.3) is 0 Å². The molecule has 0 aromatic carbocycles. The first-order valence-corrected chi connectivity index (χ1v) is 10.3. The van der Waals surface area contributed by atoms with Gasteiger partial charge in [0.1, 0.15) is 11.1 Å². The van der Waals surface area contributed by atoms with Gasteiger partial charge in [-0.25, -0.2) is 4.79 Å². The van der Waals surface area contributed by atoms with E-state index in [4.69, 9.17) is 21.7 Å². The summed E-state index contributed by atoms with van der Waals surface area (Å²) in [6.45, 7) is 7.09. The average molecular weight is 412 g/mol. The van der Waals surface area contributed by atoms with Crippen LogP contribution in [0.2, 0.25) is 0 Å². The number of thiophene rings is 1. The Morgan fingerprint density at radius 2 is 1.89 bits per heavy atom. The van der Waals surface area contributed by atoms with Gasteiger partial charge in [-0.3, -0.25) is 4.79 Å². The quantitative estimate of drug-likeness (QED) is 0.604. The number of carbonyl (C=O) groups excluding carboxylic acids is 2. The number of carbonyl (C=O) groups is 2. The molecule has 2 aliphatic rings. The first-order valence-electron chi connectivity index (χ1n) is 9.07. The summed E-state index contributed by atoms with van der Waals surface area (Å²) in [5, 5.41) is 4.47. The van der Waals surface area contributed by atoms with Gasteiger partial charge in [0.2, 0.25) is 0 Å². The Labute approximate surface area is 168 Å². The predicted octanol–water partition coefficient (Wildman–Crippen LogP) is 2.17. The minimum absolute atomic E-state index is 0.0866. The summed E-state index contributed by atoms with van der Waals surface area (Å²) < 4.78 is 10.4. The maximum Gasteiger partial charge on any atom is 0.341 e. The number of piperazine rings is 1. The second-order valence-electron chi connectivity index (χ2n) is 6.72. The summed E-state index contributed by atoms with van der Waals surface area (Å²) in [5.41, 5.74) is 1.44. The third kappa shape index (κ3) is 4.25. The van der Waals surface area contributed by atoms with E-state index in [1.54, 1.807) is 0 Å². The number of esters is 1. The van der Waals surface area contributed by atoms with Crippen LogP contribution in [-0.2, 0) is 14.3 Å². The van der Waals surface area contributed by atoms with E-state index in [1.165, 1.54) is 18.4 Å². The molecule has 0 bridgehead atoms. The van der Waals surface area contributed by atoms with Crippen LogP contribution < -0.4 is 5.32 Å². The Hall–Kier alpha value is -1.71. The molecule has 1 unspecified atom stereocenters. The van der Waals surface area contributed by atoms with Gasteiger partial charge in [0.25, 0.3) is 5.91 Å². The molecule has 1 aromatic rings. The largest absolute Gasteiger partial charge is 0.465 e. The Balaban J connectivity index is 1.59. The van der Waals surface area contributed by atoms with Gasteiger partial charge >= 0.3 is 5.97 Å². The molecule has 148 valence electrons. The lowest BCUT2D eigenvalue weighted by Crippen LogP contribution is -2.53. The van der Waals surface area contributed by atoms with E-state index in [-0.39, 0.29) is 18.0 Å². The monoisotopic (exact) mass is 411 g/mol. The van der Waals surface area contributed by atoms with Gasteiger partial charge in [-0.05, 0) is 44.5 Å². The summed E-state index contributed by atoms with van der Waals surface area (Å²) in [6.07, 6.45) is 1.49. The molecule has 0 radical (unpaired) electrons. The van der Waals surface area contributed by atoms with Crippen LogP contribution >= 0.6 is 23.6 Å². The number of amides is 1. The Bertz CT molecular complexity index is 735. The van der Waals surface area contributed by atoms with E-state index in [9.17, 15) is 9.59 Å². The molecule has 2 saturated heterocycles. The van der Waals surface area contributed by atoms with E-state index in [0.717, 1.165) is 23.3 Å². The number of ether oxygens (including phenoxy) is 2. The van der Waals surface area contributed by atoms with Gasteiger partial charge in [-0.2, -0.15) is 0 Å². The van der Waals surface area contributed by atoms with Crippen molar-refractivity contribution in [2.45, 2.75) is 32.8 Å². The molecule has 0 aliphatic carbocycles. The van der Waals surface area contributed by atoms with Crippen LogP contribution in [-0.4, -0.2) is 72.8 Å². The van der Waals surface area contributed by atoms with E-state index in [2.05, 4.69) is 5.32 Å². The van der Waals surface area contributed by atoms with Gasteiger partial charge < -0.3 is 24.6 Å². The van der Waals surface area contributed by atoms with Crippen molar-refractivity contribution in [3.63, 3.8) is 0 Å². The molecule has 1 amide bonds. The second kappa shape index (κ2) is 8.53. The highest BCUT2D eigenvalue weighted by Crippen LogP contribution is 2.33. The molecule has 9 heteroatoms. The molecule has 0 spiro atoms. The minimum Gasteiger partial charge on any atom is -0.465 e. The van der Waals surface area contributed by atoms with Crippen LogP contribution in [0.4, 0.5) is 5.00 Å². The van der Waals surface area contributed by atoms with E-state index in [0.29, 0.717) is 48.5 Å². The van der Waals surface area contributed by atoms with E-state index < -0.39 is 0 Å². The van der Waals surface area contributed by atoms with E-state index >= 15 is 0 Å². The van der Waals surface area contributed by atoms with E-state index in [1.807, 2.05) is 23.6 Å². The van der Waals surface area contributed by atoms with Gasteiger partial charge in [-0.1, -0.05) is 0 Å². The van der Waals surface area contributed by atoms with Crippen LogP contribution in [0.15, 0.2) is 0 Å². The van der Waals surface area contributed by atoms with Crippen molar-refractivity contribution in [1.82, 2.24) is 9.80 Å². The maximum absolute atomic E-state index is 12.4. The SMILES string of the molecule is COC(=O)c1c(NC(=S)N2CCN(C(=O)C3CCCO3)CC2)sc(C)c1C. The van der Waals surface area contributed by atoms with Crippen LogP contribution in [0.1, 0.15) is 33.6 Å². The van der Waals surface area contributed by atoms with Gasteiger partial charge in [0.15, 0.2) is 5.11 Å². The molecular weight excluding hydrogens is 386 g/mol. The number of rotatable bonds is 3. The highest BCUT2D eigenvalue weighted by atomic mass is 32.1. The average Bonchev–Trinajstić information content (AvgIpc) is 3.30. The predicted molar refractivity (Wildman–Crippen MR) is 108 cm³/mol. The molecule has 2 fully saturated rings. The van der Waals surface area contributed by atoms with Crippen molar-refractivity contribution in [1.29, 1.82) is 0 Å². The van der Waals surface area contributed by atoms with Crippen molar-refractivity contribution < 1.29 is 19.1 Å². The summed E-state index contributed by atoms with van der Waals surface area (Å²) >= 11 is 7.04. The topological polar surface area (TPSA) is 71.1 Å². The summed E-state index contributed by atoms with van der Waals surface area (Å²) in [5.74, 6) is -0.280. The summed E-state index contributed by atoms with van der Waals surface area (Å²) in [6, 6.07) is 0. The zero-order valence-electron chi connectivity index (χ0n) is 15.9. The third-order valence-corrected chi connectivity index (χ3v) is 6.56. The van der Waals surface area contributed by atoms with Gasteiger partial charge in [0, 0.05) is 37.7 Å². The summed E-state index contributed by atoms with van der Waals surface area (Å²) in [7, 11) is 1.38. The van der Waals surface area contributed by atoms with Gasteiger partial charge in [-0.15, -0.1) is 11.3 Å². The molecule has 3 rings (SSSR count). The minimum atomic E-state index is -0.367. The molecule has 1 N–H and O–H groups in total. The molecule has 7 nitrogen and oxygen atoms in total. The number of methoxy groups -OCH3 is 1. The Kier molecular flexibility index (Phi) is 6.33. The zero-order valence-corrected chi connectivity index (χ0v) is 17.5. The molecule has 27 heavy (non-hydrogen) atoms. The molecule has 0 saturated carbocycles. The standard InChI is InChI=1S/C18H25N3O4S2/c1-11-12(2)27-15(14(11)17(23)24-3)19-18(26)21-8-6-20(7-9-21)16(22)13-5-4-10-25-13/h13H,4-10H2,1-3H3,(H,19,26). The smallest absolute Gasteiger partial charge is 0.341 e. The van der Waals surface area contributed by atoms with Crippen molar-refractivity contribution in [2.24, 2.45) is 0 Å². The lowest BCUT2D eigenvalue weighted by Gasteiger charge is -2.37. The normalized spacial score (nSPS) is 19.9. The van der Waals surface area contributed by atoms with Crippen molar-refractivity contribution in [2.75, 3.05) is 45.2 Å². The van der Waals surface area contributed by atoms with Crippen molar-refractivity contribution in [3.05, 3.63) is 16.0 Å². The number of nitrogens with zero attached hydrogens (tertiary/aromatic N) is 2.